The highest BCUT2D eigenvalue weighted by molar-refractivity contribution is 7.99. The first kappa shape index (κ1) is 14.5. The van der Waals surface area contributed by atoms with E-state index in [1.165, 1.54) is 5.56 Å². The lowest BCUT2D eigenvalue weighted by molar-refractivity contribution is -0.113. The van der Waals surface area contributed by atoms with E-state index in [0.717, 1.165) is 17.2 Å². The number of carbonyl (C=O) groups is 1. The maximum atomic E-state index is 11.8. The van der Waals surface area contributed by atoms with Gasteiger partial charge in [0, 0.05) is 11.4 Å². The lowest BCUT2D eigenvalue weighted by atomic mass is 10.2. The molecule has 2 aromatic carbocycles. The molecule has 1 N–H and O–H groups in total. The number of carbonyl (C=O) groups excluding carboxylic acids is 1. The van der Waals surface area contributed by atoms with Crippen molar-refractivity contribution >= 4 is 23.4 Å². The fraction of sp³-hybridized carbons (Fsp3) is 0.188. The van der Waals surface area contributed by atoms with Gasteiger partial charge in [-0.3, -0.25) is 4.79 Å². The first-order valence-corrected chi connectivity index (χ1v) is 7.49. The van der Waals surface area contributed by atoms with Crippen molar-refractivity contribution < 1.29 is 9.53 Å². The predicted octanol–water partition coefficient (Wildman–Crippen LogP) is 3.57. The molecule has 0 aliphatic heterocycles. The first-order chi connectivity index (χ1) is 9.78. The quantitative estimate of drug-likeness (QED) is 0.882. The van der Waals surface area contributed by atoms with Crippen molar-refractivity contribution in [2.45, 2.75) is 5.75 Å². The zero-order chi connectivity index (χ0) is 14.2. The van der Waals surface area contributed by atoms with Crippen LogP contribution in [0.25, 0.3) is 0 Å². The second-order valence-corrected chi connectivity index (χ2v) is 5.24. The van der Waals surface area contributed by atoms with E-state index in [1.807, 2.05) is 54.6 Å². The van der Waals surface area contributed by atoms with Gasteiger partial charge in [-0.25, -0.2) is 0 Å². The number of thioether (sulfide) groups is 1. The Morgan fingerprint density at radius 2 is 1.80 bits per heavy atom. The third kappa shape index (κ3) is 4.63. The number of nitrogens with one attached hydrogen (secondary N) is 1. The highest BCUT2D eigenvalue weighted by Crippen LogP contribution is 2.16. The molecule has 0 atom stereocenters. The van der Waals surface area contributed by atoms with E-state index < -0.39 is 0 Å². The lowest BCUT2D eigenvalue weighted by Gasteiger charge is -2.05. The smallest absolute Gasteiger partial charge is 0.234 e. The summed E-state index contributed by atoms with van der Waals surface area (Å²) in [6, 6.07) is 17.4. The molecule has 0 aliphatic carbocycles. The van der Waals surface area contributed by atoms with Crippen LogP contribution in [0, 0.1) is 0 Å². The number of methoxy groups -OCH3 is 1. The van der Waals surface area contributed by atoms with Gasteiger partial charge in [0.1, 0.15) is 5.75 Å². The van der Waals surface area contributed by atoms with Crippen LogP contribution >= 0.6 is 11.8 Å². The third-order valence-corrected chi connectivity index (χ3v) is 3.72. The lowest BCUT2D eigenvalue weighted by Crippen LogP contribution is -2.13. The summed E-state index contributed by atoms with van der Waals surface area (Å²) in [6.45, 7) is 0. The average molecular weight is 287 g/mol. The van der Waals surface area contributed by atoms with Crippen LogP contribution in [-0.4, -0.2) is 18.8 Å². The van der Waals surface area contributed by atoms with Gasteiger partial charge >= 0.3 is 0 Å². The minimum atomic E-state index is 0.0229. The Bertz CT molecular complexity index is 540. The van der Waals surface area contributed by atoms with Gasteiger partial charge in [0.25, 0.3) is 0 Å². The van der Waals surface area contributed by atoms with Crippen LogP contribution in [0.1, 0.15) is 5.56 Å². The van der Waals surface area contributed by atoms with Crippen LogP contribution in [0.15, 0.2) is 54.6 Å². The number of para-hydroxylation sites is 1. The molecule has 2 rings (SSSR count). The summed E-state index contributed by atoms with van der Waals surface area (Å²) >= 11 is 1.59. The molecule has 0 saturated heterocycles. The van der Waals surface area contributed by atoms with Crippen molar-refractivity contribution in [1.29, 1.82) is 0 Å². The zero-order valence-corrected chi connectivity index (χ0v) is 12.2. The number of hydrogen-bond acceptors (Lipinski definition) is 3. The molecular weight excluding hydrogens is 270 g/mol. The van der Waals surface area contributed by atoms with Crippen LogP contribution < -0.4 is 10.1 Å². The van der Waals surface area contributed by atoms with Crippen molar-refractivity contribution in [2.75, 3.05) is 18.2 Å². The Hall–Kier alpha value is -1.94. The van der Waals surface area contributed by atoms with Gasteiger partial charge in [0.05, 0.1) is 12.9 Å². The van der Waals surface area contributed by atoms with Gasteiger partial charge in [-0.1, -0.05) is 30.3 Å². The molecule has 0 heterocycles. The molecule has 0 spiro atoms. The molecule has 0 unspecified atom stereocenters. The number of anilines is 1. The molecule has 4 heteroatoms. The Morgan fingerprint density at radius 3 is 2.45 bits per heavy atom. The summed E-state index contributed by atoms with van der Waals surface area (Å²) in [5.74, 6) is 2.13. The third-order valence-electron chi connectivity index (χ3n) is 2.72. The normalized spacial score (nSPS) is 10.1. The standard InChI is InChI=1S/C16H17NO2S/c1-19-15-9-7-13(8-10-15)11-20-12-16(18)17-14-5-3-2-4-6-14/h2-10H,11-12H2,1H3,(H,17,18). The molecule has 2 aromatic rings. The Labute approximate surface area is 123 Å². The Balaban J connectivity index is 1.73. The van der Waals surface area contributed by atoms with E-state index in [2.05, 4.69) is 5.32 Å². The second-order valence-electron chi connectivity index (χ2n) is 4.26. The number of amides is 1. The number of hydrogen-bond donors (Lipinski definition) is 1. The molecule has 3 nitrogen and oxygen atoms in total. The van der Waals surface area contributed by atoms with Crippen molar-refractivity contribution in [2.24, 2.45) is 0 Å². The summed E-state index contributed by atoms with van der Waals surface area (Å²) in [5.41, 5.74) is 2.02. The van der Waals surface area contributed by atoms with Crippen LogP contribution in [0.3, 0.4) is 0 Å². The molecule has 0 saturated carbocycles. The van der Waals surface area contributed by atoms with E-state index in [9.17, 15) is 4.79 Å². The minimum Gasteiger partial charge on any atom is -0.497 e. The van der Waals surface area contributed by atoms with E-state index >= 15 is 0 Å². The average Bonchev–Trinajstić information content (AvgIpc) is 2.49. The van der Waals surface area contributed by atoms with Crippen LogP contribution in [-0.2, 0) is 10.5 Å². The molecule has 0 aliphatic rings. The number of rotatable bonds is 6. The predicted molar refractivity (Wildman–Crippen MR) is 84.2 cm³/mol. The zero-order valence-electron chi connectivity index (χ0n) is 11.3. The molecule has 0 aromatic heterocycles. The molecular formula is C16H17NO2S. The number of benzene rings is 2. The maximum absolute atomic E-state index is 11.8. The van der Waals surface area contributed by atoms with Gasteiger partial charge in [-0.05, 0) is 29.8 Å². The molecule has 1 amide bonds. The summed E-state index contributed by atoms with van der Waals surface area (Å²) < 4.78 is 5.11. The first-order valence-electron chi connectivity index (χ1n) is 6.33. The van der Waals surface area contributed by atoms with Crippen molar-refractivity contribution in [3.8, 4) is 5.75 Å². The maximum Gasteiger partial charge on any atom is 0.234 e. The van der Waals surface area contributed by atoms with Crippen LogP contribution in [0.5, 0.6) is 5.75 Å². The van der Waals surface area contributed by atoms with E-state index in [0.29, 0.717) is 5.75 Å². The summed E-state index contributed by atoms with van der Waals surface area (Å²) in [6.07, 6.45) is 0. The van der Waals surface area contributed by atoms with Gasteiger partial charge in [0.2, 0.25) is 5.91 Å². The van der Waals surface area contributed by atoms with E-state index in [1.54, 1.807) is 18.9 Å². The SMILES string of the molecule is COc1ccc(CSCC(=O)Nc2ccccc2)cc1. The Morgan fingerprint density at radius 1 is 1.10 bits per heavy atom. The molecule has 0 fully saturated rings. The van der Waals surface area contributed by atoms with E-state index in [4.69, 9.17) is 4.74 Å². The summed E-state index contributed by atoms with van der Waals surface area (Å²) in [7, 11) is 1.65. The van der Waals surface area contributed by atoms with Gasteiger partial charge in [-0.2, -0.15) is 0 Å². The van der Waals surface area contributed by atoms with Crippen molar-refractivity contribution in [3.63, 3.8) is 0 Å². The highest BCUT2D eigenvalue weighted by Gasteiger charge is 2.02. The fourth-order valence-corrected chi connectivity index (χ4v) is 2.49. The molecule has 0 bridgehead atoms. The largest absolute Gasteiger partial charge is 0.497 e. The summed E-state index contributed by atoms with van der Waals surface area (Å²) in [4.78, 5) is 11.8. The van der Waals surface area contributed by atoms with Crippen molar-refractivity contribution in [3.05, 3.63) is 60.2 Å². The Kier molecular flexibility index (Phi) is 5.50. The van der Waals surface area contributed by atoms with Gasteiger partial charge in [0.15, 0.2) is 0 Å². The van der Waals surface area contributed by atoms with E-state index in [-0.39, 0.29) is 5.91 Å². The molecule has 20 heavy (non-hydrogen) atoms. The second kappa shape index (κ2) is 7.60. The number of ether oxygens (including phenoxy) is 1. The summed E-state index contributed by atoms with van der Waals surface area (Å²) in [5, 5.41) is 2.87. The van der Waals surface area contributed by atoms with Crippen LogP contribution in [0.4, 0.5) is 5.69 Å². The fourth-order valence-electron chi connectivity index (χ4n) is 1.70. The monoisotopic (exact) mass is 287 g/mol. The molecule has 104 valence electrons. The molecule has 0 radical (unpaired) electrons. The van der Waals surface area contributed by atoms with Gasteiger partial charge in [-0.15, -0.1) is 11.8 Å². The minimum absolute atomic E-state index is 0.0229. The highest BCUT2D eigenvalue weighted by atomic mass is 32.2. The van der Waals surface area contributed by atoms with Crippen LogP contribution in [0.2, 0.25) is 0 Å². The van der Waals surface area contributed by atoms with Gasteiger partial charge < -0.3 is 10.1 Å². The van der Waals surface area contributed by atoms with Crippen molar-refractivity contribution in [1.82, 2.24) is 0 Å². The topological polar surface area (TPSA) is 38.3 Å².